The number of benzene rings is 2. The minimum absolute atomic E-state index is 0.357. The van der Waals surface area contributed by atoms with Crippen molar-refractivity contribution in [1.82, 2.24) is 0 Å². The van der Waals surface area contributed by atoms with Crippen LogP contribution in [0.5, 0.6) is 5.75 Å². The van der Waals surface area contributed by atoms with Crippen LogP contribution in [0.25, 0.3) is 17.2 Å². The van der Waals surface area contributed by atoms with Gasteiger partial charge in [-0.15, -0.1) is 0 Å². The Balaban J connectivity index is 1.44. The molecule has 2 heterocycles. The van der Waals surface area contributed by atoms with Gasteiger partial charge in [-0.3, -0.25) is 0 Å². The van der Waals surface area contributed by atoms with Crippen LogP contribution in [0.4, 0.5) is 5.69 Å². The zero-order valence-corrected chi connectivity index (χ0v) is 21.1. The number of ether oxygens (including phenoxy) is 3. The maximum atomic E-state index is 6.07. The maximum Gasteiger partial charge on any atom is 0.119 e. The van der Waals surface area contributed by atoms with Crippen molar-refractivity contribution in [2.75, 3.05) is 44.4 Å². The summed E-state index contributed by atoms with van der Waals surface area (Å²) in [7, 11) is 0. The molecule has 0 spiro atoms. The van der Waals surface area contributed by atoms with Crippen LogP contribution in [0.3, 0.4) is 0 Å². The van der Waals surface area contributed by atoms with E-state index < -0.39 is 0 Å². The summed E-state index contributed by atoms with van der Waals surface area (Å²) in [6.07, 6.45) is 11.0. The Kier molecular flexibility index (Phi) is 9.46. The fraction of sp³-hybridized carbons (Fsp3) is 0.533. The molecule has 0 aromatic heterocycles. The molecular formula is C30H41NO3. The molecule has 34 heavy (non-hydrogen) atoms. The molecule has 0 aliphatic carbocycles. The van der Waals surface area contributed by atoms with Crippen LogP contribution in [0.1, 0.15) is 64.4 Å². The van der Waals surface area contributed by atoms with E-state index in [4.69, 9.17) is 14.2 Å². The lowest BCUT2D eigenvalue weighted by Gasteiger charge is -2.33. The topological polar surface area (TPSA) is 30.9 Å². The summed E-state index contributed by atoms with van der Waals surface area (Å²) in [4.78, 5) is 2.55. The minimum atomic E-state index is 0.357. The molecule has 1 fully saturated rings. The third kappa shape index (κ3) is 7.10. The van der Waals surface area contributed by atoms with Crippen molar-refractivity contribution in [1.29, 1.82) is 0 Å². The van der Waals surface area contributed by atoms with Crippen molar-refractivity contribution in [2.24, 2.45) is 0 Å². The van der Waals surface area contributed by atoms with Gasteiger partial charge in [-0.1, -0.05) is 43.2 Å². The fourth-order valence-corrected chi connectivity index (χ4v) is 4.84. The highest BCUT2D eigenvalue weighted by Crippen LogP contribution is 2.33. The maximum absolute atomic E-state index is 6.07. The smallest absolute Gasteiger partial charge is 0.119 e. The average Bonchev–Trinajstić information content (AvgIpc) is 2.86. The normalized spacial score (nSPS) is 20.1. The number of nitrogens with zero attached hydrogens (tertiary/aromatic N) is 1. The van der Waals surface area contributed by atoms with Crippen LogP contribution in [0, 0.1) is 0 Å². The summed E-state index contributed by atoms with van der Waals surface area (Å²) in [5.74, 6) is 0.892. The van der Waals surface area contributed by atoms with Gasteiger partial charge in [0.15, 0.2) is 0 Å². The number of fused-ring (bicyclic) bond motifs is 1. The highest BCUT2D eigenvalue weighted by molar-refractivity contribution is 5.77. The summed E-state index contributed by atoms with van der Waals surface area (Å²) < 4.78 is 17.5. The second-order valence-corrected chi connectivity index (χ2v) is 9.64. The summed E-state index contributed by atoms with van der Waals surface area (Å²) in [5.41, 5.74) is 6.56. The zero-order valence-electron chi connectivity index (χ0n) is 21.1. The predicted octanol–water partition coefficient (Wildman–Crippen LogP) is 7.12. The lowest BCUT2D eigenvalue weighted by atomic mass is 9.97. The first kappa shape index (κ1) is 24.8. The van der Waals surface area contributed by atoms with Gasteiger partial charge in [0, 0.05) is 32.0 Å². The Bertz CT molecular complexity index is 915. The van der Waals surface area contributed by atoms with Gasteiger partial charge in [0.1, 0.15) is 12.4 Å². The second-order valence-electron chi connectivity index (χ2n) is 9.64. The number of hydrogen-bond acceptors (Lipinski definition) is 4. The first-order valence-electron chi connectivity index (χ1n) is 13.2. The molecule has 2 aliphatic heterocycles. The number of anilines is 1. The van der Waals surface area contributed by atoms with E-state index in [9.17, 15) is 0 Å². The van der Waals surface area contributed by atoms with E-state index in [1.54, 1.807) is 0 Å². The van der Waals surface area contributed by atoms with E-state index in [2.05, 4.69) is 67.3 Å². The average molecular weight is 464 g/mol. The standard InChI is InChI=1S/C30H41NO3/c1-3-4-17-32-19-20-34-28-13-10-25(11-14-28)26-12-15-30-27(22-26)21-24(2)8-7-16-31(30)23-29-9-5-6-18-33-29/h10-15,21-22,29H,3-9,16-20,23H2,1-2H3/b24-21-. The molecule has 0 radical (unpaired) electrons. The molecular weight excluding hydrogens is 422 g/mol. The summed E-state index contributed by atoms with van der Waals surface area (Å²) >= 11 is 0. The summed E-state index contributed by atoms with van der Waals surface area (Å²) in [6, 6.07) is 15.3. The molecule has 2 aromatic rings. The Labute approximate surface area is 205 Å². The van der Waals surface area contributed by atoms with Gasteiger partial charge < -0.3 is 19.1 Å². The minimum Gasteiger partial charge on any atom is -0.491 e. The van der Waals surface area contributed by atoms with Crippen molar-refractivity contribution < 1.29 is 14.2 Å². The fourth-order valence-electron chi connectivity index (χ4n) is 4.84. The van der Waals surface area contributed by atoms with Crippen molar-refractivity contribution >= 4 is 11.8 Å². The monoisotopic (exact) mass is 463 g/mol. The van der Waals surface area contributed by atoms with Crippen molar-refractivity contribution in [3.8, 4) is 16.9 Å². The molecule has 4 nitrogen and oxygen atoms in total. The van der Waals surface area contributed by atoms with E-state index in [0.717, 1.165) is 51.3 Å². The molecule has 1 unspecified atom stereocenters. The number of rotatable bonds is 10. The van der Waals surface area contributed by atoms with E-state index in [1.165, 1.54) is 53.6 Å². The van der Waals surface area contributed by atoms with Gasteiger partial charge in [0.2, 0.25) is 0 Å². The van der Waals surface area contributed by atoms with E-state index in [-0.39, 0.29) is 0 Å². The lowest BCUT2D eigenvalue weighted by Crippen LogP contribution is -2.37. The molecule has 184 valence electrons. The number of unbranched alkanes of at least 4 members (excludes halogenated alkanes) is 1. The highest BCUT2D eigenvalue weighted by Gasteiger charge is 2.21. The summed E-state index contributed by atoms with van der Waals surface area (Å²) in [6.45, 7) is 9.47. The third-order valence-electron chi connectivity index (χ3n) is 6.79. The zero-order chi connectivity index (χ0) is 23.6. The Morgan fingerprint density at radius 1 is 0.971 bits per heavy atom. The Hall–Kier alpha value is -2.30. The summed E-state index contributed by atoms with van der Waals surface area (Å²) in [5, 5.41) is 0. The van der Waals surface area contributed by atoms with Gasteiger partial charge in [-0.2, -0.15) is 0 Å². The van der Waals surface area contributed by atoms with Gasteiger partial charge in [0.25, 0.3) is 0 Å². The van der Waals surface area contributed by atoms with Crippen LogP contribution in [0.15, 0.2) is 48.0 Å². The molecule has 2 aliphatic rings. The van der Waals surface area contributed by atoms with Crippen LogP contribution < -0.4 is 9.64 Å². The molecule has 4 heteroatoms. The van der Waals surface area contributed by atoms with Crippen LogP contribution in [-0.4, -0.2) is 45.6 Å². The third-order valence-corrected chi connectivity index (χ3v) is 6.79. The van der Waals surface area contributed by atoms with Crippen LogP contribution >= 0.6 is 0 Å². The van der Waals surface area contributed by atoms with Gasteiger partial charge in [-0.25, -0.2) is 0 Å². The van der Waals surface area contributed by atoms with E-state index >= 15 is 0 Å². The van der Waals surface area contributed by atoms with Crippen LogP contribution in [-0.2, 0) is 9.47 Å². The lowest BCUT2D eigenvalue weighted by molar-refractivity contribution is 0.0209. The molecule has 1 saturated heterocycles. The first-order chi connectivity index (χ1) is 16.7. The van der Waals surface area contributed by atoms with Crippen molar-refractivity contribution in [2.45, 2.75) is 64.9 Å². The van der Waals surface area contributed by atoms with Gasteiger partial charge >= 0.3 is 0 Å². The quantitative estimate of drug-likeness (QED) is 0.351. The van der Waals surface area contributed by atoms with Gasteiger partial charge in [-0.05, 0) is 86.4 Å². The molecule has 0 bridgehead atoms. The Morgan fingerprint density at radius 3 is 2.62 bits per heavy atom. The second kappa shape index (κ2) is 13.0. The van der Waals surface area contributed by atoms with E-state index in [1.807, 2.05) is 0 Å². The van der Waals surface area contributed by atoms with Gasteiger partial charge in [0.05, 0.1) is 12.7 Å². The number of allylic oxidation sites excluding steroid dienone is 1. The predicted molar refractivity (Wildman–Crippen MR) is 142 cm³/mol. The Morgan fingerprint density at radius 2 is 1.82 bits per heavy atom. The largest absolute Gasteiger partial charge is 0.491 e. The molecule has 0 N–H and O–H groups in total. The molecule has 1 atom stereocenters. The van der Waals surface area contributed by atoms with Crippen LogP contribution in [0.2, 0.25) is 0 Å². The van der Waals surface area contributed by atoms with Crippen molar-refractivity contribution in [3.05, 3.63) is 53.6 Å². The first-order valence-corrected chi connectivity index (χ1v) is 13.2. The SMILES string of the molecule is CCCCOCCOc1ccc(-c2ccc3c(c2)/C=C(/C)CCCN3CC2CCCCO2)cc1. The molecule has 2 aromatic carbocycles. The highest BCUT2D eigenvalue weighted by atomic mass is 16.5. The van der Waals surface area contributed by atoms with Crippen molar-refractivity contribution in [3.63, 3.8) is 0 Å². The number of hydrogen-bond donors (Lipinski definition) is 0. The molecule has 0 saturated carbocycles. The molecule has 0 amide bonds. The van der Waals surface area contributed by atoms with E-state index in [0.29, 0.717) is 19.3 Å². The molecule has 4 rings (SSSR count).